The van der Waals surface area contributed by atoms with Crippen molar-refractivity contribution in [3.05, 3.63) is 70.6 Å². The van der Waals surface area contributed by atoms with Gasteiger partial charge in [0.15, 0.2) is 0 Å². The smallest absolute Gasteiger partial charge is 0.278 e. The number of nitrogen functional groups attached to an aromatic ring is 1. The predicted octanol–water partition coefficient (Wildman–Crippen LogP) is 1.90. The Bertz CT molecular complexity index is 1450. The molecule has 0 amide bonds. The van der Waals surface area contributed by atoms with Gasteiger partial charge < -0.3 is 10.5 Å². The van der Waals surface area contributed by atoms with E-state index in [0.717, 1.165) is 5.56 Å². The summed E-state index contributed by atoms with van der Waals surface area (Å²) in [4.78, 5) is 17.9. The van der Waals surface area contributed by atoms with E-state index in [2.05, 4.69) is 4.98 Å². The summed E-state index contributed by atoms with van der Waals surface area (Å²) in [6.45, 7) is 2.67. The van der Waals surface area contributed by atoms with Gasteiger partial charge in [-0.2, -0.15) is 0 Å². The molecular weight excluding hydrogens is 416 g/mol. The molecule has 0 saturated carbocycles. The van der Waals surface area contributed by atoms with Crippen molar-refractivity contribution in [1.82, 2.24) is 9.38 Å². The first-order valence-electron chi connectivity index (χ1n) is 9.78. The summed E-state index contributed by atoms with van der Waals surface area (Å²) in [5.74, 6) is 0.0378. The maximum absolute atomic E-state index is 13.4. The minimum absolute atomic E-state index is 0.0378. The number of anilines is 1. The fourth-order valence-corrected chi connectivity index (χ4v) is 4.99. The Morgan fingerprint density at radius 3 is 2.61 bits per heavy atom. The Hall–Kier alpha value is -3.30. The number of ether oxygens (including phenoxy) is 1. The van der Waals surface area contributed by atoms with Gasteiger partial charge in [-0.15, -0.1) is 0 Å². The molecule has 0 aliphatic rings. The number of rotatable bonds is 6. The number of nitrogens with two attached hydrogens (primary N) is 1. The van der Waals surface area contributed by atoms with Crippen LogP contribution in [0.2, 0.25) is 0 Å². The Balaban J connectivity index is 2.08. The molecule has 4 rings (SSSR count). The van der Waals surface area contributed by atoms with E-state index in [9.17, 15) is 13.2 Å². The molecule has 0 spiro atoms. The zero-order valence-corrected chi connectivity index (χ0v) is 18.1. The number of aryl methyl sites for hydroxylation is 2. The van der Waals surface area contributed by atoms with Gasteiger partial charge in [-0.3, -0.25) is 9.20 Å². The average molecular weight is 440 g/mol. The molecule has 160 valence electrons. The van der Waals surface area contributed by atoms with Crippen molar-refractivity contribution in [2.75, 3.05) is 19.5 Å². The summed E-state index contributed by atoms with van der Waals surface area (Å²) >= 11 is 0. The monoisotopic (exact) mass is 439 g/mol. The third-order valence-electron chi connectivity index (χ3n) is 5.13. The molecule has 0 saturated heterocycles. The van der Waals surface area contributed by atoms with Crippen LogP contribution >= 0.6 is 0 Å². The van der Waals surface area contributed by atoms with Crippen LogP contribution in [0.4, 0.5) is 5.82 Å². The van der Waals surface area contributed by atoms with Gasteiger partial charge >= 0.3 is 0 Å². The number of benzene rings is 1. The van der Waals surface area contributed by atoms with Gasteiger partial charge in [-0.25, -0.2) is 13.0 Å². The number of nitrogens with zero attached hydrogens (tertiary/aromatic N) is 3. The number of sulfone groups is 1. The molecule has 3 heterocycles. The first-order chi connectivity index (χ1) is 14.8. The van der Waals surface area contributed by atoms with Crippen molar-refractivity contribution in [1.29, 1.82) is 0 Å². The molecule has 1 aromatic carbocycles. The lowest BCUT2D eigenvalue weighted by molar-refractivity contribution is -0.661. The van der Waals surface area contributed by atoms with Crippen LogP contribution in [-0.2, 0) is 21.1 Å². The van der Waals surface area contributed by atoms with Crippen LogP contribution in [0, 0.1) is 6.92 Å². The minimum atomic E-state index is -3.95. The third kappa shape index (κ3) is 3.66. The quantitative estimate of drug-likeness (QED) is 0.279. The van der Waals surface area contributed by atoms with Crippen molar-refractivity contribution in [2.45, 2.75) is 29.7 Å². The van der Waals surface area contributed by atoms with E-state index in [-0.39, 0.29) is 26.6 Å². The minimum Gasteiger partial charge on any atom is -0.385 e. The van der Waals surface area contributed by atoms with E-state index in [0.29, 0.717) is 30.9 Å². The van der Waals surface area contributed by atoms with Gasteiger partial charge in [0.25, 0.3) is 11.2 Å². The van der Waals surface area contributed by atoms with Crippen LogP contribution in [0.15, 0.2) is 69.3 Å². The summed E-state index contributed by atoms with van der Waals surface area (Å²) in [6.07, 6.45) is 2.26. The normalized spacial score (nSPS) is 11.9. The molecule has 0 radical (unpaired) electrons. The number of aromatic nitrogens is 3. The molecule has 31 heavy (non-hydrogen) atoms. The van der Waals surface area contributed by atoms with Gasteiger partial charge in [0.1, 0.15) is 10.3 Å². The van der Waals surface area contributed by atoms with Gasteiger partial charge in [-0.1, -0.05) is 29.2 Å². The number of methoxy groups -OCH3 is 1. The second-order valence-corrected chi connectivity index (χ2v) is 9.22. The van der Waals surface area contributed by atoms with Crippen molar-refractivity contribution in [3.8, 4) is 0 Å². The molecule has 0 aliphatic heterocycles. The molecule has 0 aliphatic carbocycles. The van der Waals surface area contributed by atoms with Crippen molar-refractivity contribution in [3.63, 3.8) is 0 Å². The van der Waals surface area contributed by atoms with E-state index in [4.69, 9.17) is 10.5 Å². The molecule has 0 fully saturated rings. The van der Waals surface area contributed by atoms with Crippen LogP contribution in [0.5, 0.6) is 0 Å². The molecule has 0 unspecified atom stereocenters. The molecule has 0 bridgehead atoms. The van der Waals surface area contributed by atoms with Gasteiger partial charge in [-0.05, 0) is 36.8 Å². The lowest BCUT2D eigenvalue weighted by atomic mass is 10.2. The van der Waals surface area contributed by atoms with Gasteiger partial charge in [0.05, 0.1) is 11.4 Å². The van der Waals surface area contributed by atoms with E-state index in [1.54, 1.807) is 42.1 Å². The highest BCUT2D eigenvalue weighted by molar-refractivity contribution is 7.91. The van der Waals surface area contributed by atoms with E-state index in [1.807, 2.05) is 13.0 Å². The Kier molecular flexibility index (Phi) is 5.47. The lowest BCUT2D eigenvalue weighted by Gasteiger charge is -2.13. The molecule has 3 aromatic heterocycles. The standard InChI is InChI=1S/C22H22N4O4S/c1-15-9-10-19-24-21-17(22(27)26(19)14-15)13-18(20(23)25(21)11-6-12-30-2)31(28,29)16-7-4-3-5-8-16/h3-5,7-10,13-14,23H,6,11-12H2,1-2H3/p+1. The van der Waals surface area contributed by atoms with E-state index in [1.165, 1.54) is 22.6 Å². The molecule has 9 heteroatoms. The fourth-order valence-electron chi connectivity index (χ4n) is 3.57. The molecule has 0 atom stereocenters. The largest absolute Gasteiger partial charge is 0.385 e. The van der Waals surface area contributed by atoms with Crippen molar-refractivity contribution < 1.29 is 17.7 Å². The van der Waals surface area contributed by atoms with Crippen LogP contribution in [0.3, 0.4) is 0 Å². The number of pyridine rings is 2. The van der Waals surface area contributed by atoms with Gasteiger partial charge in [0.2, 0.25) is 21.3 Å². The van der Waals surface area contributed by atoms with Crippen LogP contribution < -0.4 is 15.9 Å². The maximum atomic E-state index is 13.4. The van der Waals surface area contributed by atoms with Gasteiger partial charge in [0, 0.05) is 26.3 Å². The Morgan fingerprint density at radius 1 is 1.16 bits per heavy atom. The van der Waals surface area contributed by atoms with Crippen molar-refractivity contribution >= 4 is 32.3 Å². The first kappa shape index (κ1) is 21.0. The van der Waals surface area contributed by atoms with Crippen LogP contribution in [-0.4, -0.2) is 31.5 Å². The average Bonchev–Trinajstić information content (AvgIpc) is 2.76. The SMILES string of the molecule is COCCC[n+]1c(N)c(S(=O)(=O)c2ccccc2)cc2c(=O)n3cc(C)ccc3nc21. The Labute approximate surface area is 179 Å². The Morgan fingerprint density at radius 2 is 1.90 bits per heavy atom. The molecule has 2 N–H and O–H groups in total. The van der Waals surface area contributed by atoms with E-state index >= 15 is 0 Å². The molecular formula is C22H23N4O4S+. The third-order valence-corrected chi connectivity index (χ3v) is 6.93. The fraction of sp³-hybridized carbons (Fsp3) is 0.227. The zero-order valence-electron chi connectivity index (χ0n) is 17.3. The second kappa shape index (κ2) is 8.09. The van der Waals surface area contributed by atoms with Crippen molar-refractivity contribution in [2.24, 2.45) is 0 Å². The first-order valence-corrected chi connectivity index (χ1v) is 11.3. The number of fused-ring (bicyclic) bond motifs is 2. The highest BCUT2D eigenvalue weighted by atomic mass is 32.2. The van der Waals surface area contributed by atoms with E-state index < -0.39 is 9.84 Å². The molecule has 4 aromatic rings. The highest BCUT2D eigenvalue weighted by Gasteiger charge is 2.29. The summed E-state index contributed by atoms with van der Waals surface area (Å²) in [5, 5.41) is 0.184. The highest BCUT2D eigenvalue weighted by Crippen LogP contribution is 2.26. The number of hydrogen-bond acceptors (Lipinski definition) is 6. The summed E-state index contributed by atoms with van der Waals surface area (Å²) in [6, 6.07) is 13.0. The van der Waals surface area contributed by atoms with Crippen LogP contribution in [0.25, 0.3) is 16.7 Å². The molecule has 8 nitrogen and oxygen atoms in total. The second-order valence-electron chi connectivity index (χ2n) is 7.30. The maximum Gasteiger partial charge on any atom is 0.278 e. The summed E-state index contributed by atoms with van der Waals surface area (Å²) < 4.78 is 34.9. The number of hydrogen-bond donors (Lipinski definition) is 1. The topological polar surface area (TPSA) is 108 Å². The zero-order chi connectivity index (χ0) is 22.2. The summed E-state index contributed by atoms with van der Waals surface area (Å²) in [7, 11) is -2.36. The predicted molar refractivity (Wildman–Crippen MR) is 117 cm³/mol. The lowest BCUT2D eigenvalue weighted by Crippen LogP contribution is -2.42. The summed E-state index contributed by atoms with van der Waals surface area (Å²) in [5.41, 5.74) is 7.70. The van der Waals surface area contributed by atoms with Crippen LogP contribution in [0.1, 0.15) is 12.0 Å².